The van der Waals surface area contributed by atoms with E-state index in [4.69, 9.17) is 25.8 Å². The zero-order valence-electron chi connectivity index (χ0n) is 6.05. The summed E-state index contributed by atoms with van der Waals surface area (Å²) in [6.07, 6.45) is -3.56. The quantitative estimate of drug-likeness (QED) is 0.359. The van der Waals surface area contributed by atoms with Crippen molar-refractivity contribution < 1.29 is 20.1 Å². The number of aliphatic hydroxyl groups is 3. The van der Waals surface area contributed by atoms with Crippen LogP contribution in [-0.4, -0.2) is 52.9 Å². The third kappa shape index (κ3) is 1.69. The highest BCUT2D eigenvalue weighted by molar-refractivity contribution is 4.87. The molecule has 0 bridgehead atoms. The molecule has 0 aromatic carbocycles. The van der Waals surface area contributed by atoms with Crippen molar-refractivity contribution in [3.63, 3.8) is 0 Å². The molecule has 1 rings (SSSR count). The summed E-state index contributed by atoms with van der Waals surface area (Å²) in [7, 11) is 0. The molecule has 1 aliphatic rings. The van der Waals surface area contributed by atoms with E-state index < -0.39 is 24.4 Å². The molecule has 1 saturated heterocycles. The predicted octanol–water partition coefficient (Wildman–Crippen LogP) is -2.57. The van der Waals surface area contributed by atoms with E-state index in [1.807, 2.05) is 0 Å². The maximum Gasteiger partial charge on any atom is 0.113 e. The van der Waals surface area contributed by atoms with Crippen molar-refractivity contribution in [3.8, 4) is 0 Å². The number of aliphatic hydroxyl groups excluding tert-OH is 3. The van der Waals surface area contributed by atoms with Crippen LogP contribution in [0, 0.1) is 0 Å². The number of hydrogen-bond acceptors (Lipinski definition) is 5. The van der Waals surface area contributed by atoms with Crippen LogP contribution in [0.2, 0.25) is 0 Å². The monoisotopic (exact) mass is 163 g/mol. The zero-order valence-corrected chi connectivity index (χ0v) is 6.05. The fourth-order valence-electron chi connectivity index (χ4n) is 1.10. The van der Waals surface area contributed by atoms with Crippen molar-refractivity contribution >= 4 is 0 Å². The van der Waals surface area contributed by atoms with Crippen LogP contribution in [-0.2, 0) is 4.74 Å². The van der Waals surface area contributed by atoms with Crippen molar-refractivity contribution in [2.24, 2.45) is 5.73 Å². The Hall–Kier alpha value is -0.200. The van der Waals surface area contributed by atoms with Crippen LogP contribution in [0.25, 0.3) is 0 Å². The van der Waals surface area contributed by atoms with Gasteiger partial charge in [0.05, 0.1) is 12.7 Å². The van der Waals surface area contributed by atoms with Crippen molar-refractivity contribution in [2.75, 3.05) is 13.2 Å². The van der Waals surface area contributed by atoms with E-state index in [1.165, 1.54) is 0 Å². The zero-order chi connectivity index (χ0) is 8.43. The minimum absolute atomic E-state index is 0.0223. The molecule has 5 nitrogen and oxygen atoms in total. The van der Waals surface area contributed by atoms with E-state index in [1.54, 1.807) is 0 Å². The summed E-state index contributed by atoms with van der Waals surface area (Å²) in [5, 5.41) is 27.3. The van der Waals surface area contributed by atoms with Gasteiger partial charge >= 0.3 is 0 Å². The van der Waals surface area contributed by atoms with Gasteiger partial charge in [-0.05, 0) is 0 Å². The fourth-order valence-corrected chi connectivity index (χ4v) is 1.10. The molecule has 0 aliphatic carbocycles. The van der Waals surface area contributed by atoms with Gasteiger partial charge in [0, 0.05) is 6.54 Å². The Kier molecular flexibility index (Phi) is 2.80. The van der Waals surface area contributed by atoms with Crippen LogP contribution >= 0.6 is 0 Å². The van der Waals surface area contributed by atoms with Crippen LogP contribution in [0.5, 0.6) is 0 Å². The summed E-state index contributed by atoms with van der Waals surface area (Å²) in [6, 6.07) is 0. The van der Waals surface area contributed by atoms with Gasteiger partial charge in [-0.1, -0.05) is 0 Å². The van der Waals surface area contributed by atoms with E-state index in [2.05, 4.69) is 0 Å². The third-order valence-electron chi connectivity index (χ3n) is 1.81. The molecule has 0 aromatic rings. The average Bonchev–Trinajstić information content (AvgIpc) is 2.32. The lowest BCUT2D eigenvalue weighted by Crippen LogP contribution is -2.42. The van der Waals surface area contributed by atoms with E-state index in [0.717, 1.165) is 0 Å². The summed E-state index contributed by atoms with van der Waals surface area (Å²) in [6.45, 7) is 0.0807. The maximum absolute atomic E-state index is 9.17. The number of hydrogen-bond donors (Lipinski definition) is 4. The second-order valence-corrected chi connectivity index (χ2v) is 2.66. The van der Waals surface area contributed by atoms with Crippen molar-refractivity contribution in [1.29, 1.82) is 0 Å². The predicted molar refractivity (Wildman–Crippen MR) is 36.8 cm³/mol. The van der Waals surface area contributed by atoms with Gasteiger partial charge in [0.25, 0.3) is 0 Å². The van der Waals surface area contributed by atoms with E-state index in [-0.39, 0.29) is 13.2 Å². The van der Waals surface area contributed by atoms with Crippen LogP contribution in [0.1, 0.15) is 0 Å². The lowest BCUT2D eigenvalue weighted by atomic mass is 10.1. The molecule has 0 amide bonds. The molecule has 11 heavy (non-hydrogen) atoms. The fraction of sp³-hybridized carbons (Fsp3) is 1.00. The molecule has 1 heterocycles. The second-order valence-electron chi connectivity index (χ2n) is 2.66. The summed E-state index contributed by atoms with van der Waals surface area (Å²) >= 11 is 0. The molecule has 5 N–H and O–H groups in total. The van der Waals surface area contributed by atoms with Gasteiger partial charge in [0.15, 0.2) is 0 Å². The minimum atomic E-state index is -1.02. The van der Waals surface area contributed by atoms with Crippen LogP contribution in [0.3, 0.4) is 0 Å². The Morgan fingerprint density at radius 1 is 1.55 bits per heavy atom. The lowest BCUT2D eigenvalue weighted by molar-refractivity contribution is -0.0465. The van der Waals surface area contributed by atoms with E-state index in [9.17, 15) is 0 Å². The highest BCUT2D eigenvalue weighted by Gasteiger charge is 2.38. The average molecular weight is 163 g/mol. The highest BCUT2D eigenvalue weighted by atomic mass is 16.5. The largest absolute Gasteiger partial charge is 0.389 e. The highest BCUT2D eigenvalue weighted by Crippen LogP contribution is 2.16. The van der Waals surface area contributed by atoms with E-state index in [0.29, 0.717) is 0 Å². The molecule has 0 saturated carbocycles. The smallest absolute Gasteiger partial charge is 0.113 e. The molecule has 0 unspecified atom stereocenters. The molecule has 4 atom stereocenters. The summed E-state index contributed by atoms with van der Waals surface area (Å²) in [4.78, 5) is 0. The molecule has 5 heteroatoms. The first kappa shape index (κ1) is 8.89. The van der Waals surface area contributed by atoms with Crippen molar-refractivity contribution in [3.05, 3.63) is 0 Å². The number of nitrogens with two attached hydrogens (primary N) is 1. The van der Waals surface area contributed by atoms with Gasteiger partial charge in [-0.3, -0.25) is 0 Å². The molecule has 0 aromatic heterocycles. The Labute approximate surface area is 64.4 Å². The standard InChI is InChI=1S/C6H13NO4/c7-1-3(8)6-5(10)4(9)2-11-6/h3-6,8-10H,1-2,7H2/t3-,4-,5-,6-/m1/s1. The van der Waals surface area contributed by atoms with Crippen molar-refractivity contribution in [1.82, 2.24) is 0 Å². The molecule has 1 aliphatic heterocycles. The number of rotatable bonds is 2. The minimum Gasteiger partial charge on any atom is -0.389 e. The number of ether oxygens (including phenoxy) is 1. The Morgan fingerprint density at radius 3 is 2.55 bits per heavy atom. The first-order valence-corrected chi connectivity index (χ1v) is 3.52. The van der Waals surface area contributed by atoms with E-state index >= 15 is 0 Å². The van der Waals surface area contributed by atoms with Crippen LogP contribution < -0.4 is 5.73 Å². The van der Waals surface area contributed by atoms with Gasteiger partial charge in [0.1, 0.15) is 18.3 Å². The van der Waals surface area contributed by atoms with Gasteiger partial charge in [-0.15, -0.1) is 0 Å². The summed E-state index contributed by atoms with van der Waals surface area (Å²) in [5.74, 6) is 0. The van der Waals surface area contributed by atoms with Crippen LogP contribution in [0.15, 0.2) is 0 Å². The molecular formula is C6H13NO4. The van der Waals surface area contributed by atoms with Crippen molar-refractivity contribution in [2.45, 2.75) is 24.4 Å². The Balaban J connectivity index is 2.47. The molecular weight excluding hydrogens is 150 g/mol. The normalized spacial score (nSPS) is 40.9. The maximum atomic E-state index is 9.17. The van der Waals surface area contributed by atoms with Gasteiger partial charge in [0.2, 0.25) is 0 Å². The van der Waals surface area contributed by atoms with Gasteiger partial charge in [-0.25, -0.2) is 0 Å². The third-order valence-corrected chi connectivity index (χ3v) is 1.81. The van der Waals surface area contributed by atoms with Gasteiger partial charge < -0.3 is 25.8 Å². The van der Waals surface area contributed by atoms with Gasteiger partial charge in [-0.2, -0.15) is 0 Å². The molecule has 1 fully saturated rings. The Morgan fingerprint density at radius 2 is 2.18 bits per heavy atom. The Bertz CT molecular complexity index is 132. The first-order valence-electron chi connectivity index (χ1n) is 3.52. The molecule has 0 spiro atoms. The topological polar surface area (TPSA) is 95.9 Å². The summed E-state index contributed by atoms with van der Waals surface area (Å²) in [5.41, 5.74) is 5.14. The first-order chi connectivity index (χ1) is 5.16. The summed E-state index contributed by atoms with van der Waals surface area (Å²) < 4.78 is 4.90. The molecule has 0 radical (unpaired) electrons. The molecule has 66 valence electrons. The SMILES string of the molecule is NC[C@@H](O)[C@H]1OC[C@@H](O)[C@H]1O. The lowest BCUT2D eigenvalue weighted by Gasteiger charge is -2.19. The second kappa shape index (κ2) is 3.46. The van der Waals surface area contributed by atoms with Crippen LogP contribution in [0.4, 0.5) is 0 Å².